The number of aromatic hydroxyl groups is 1. The van der Waals surface area contributed by atoms with Crippen molar-refractivity contribution in [1.29, 1.82) is 0 Å². The van der Waals surface area contributed by atoms with Crippen LogP contribution in [-0.2, 0) is 9.53 Å². The van der Waals surface area contributed by atoms with Crippen molar-refractivity contribution in [2.24, 2.45) is 0 Å². The maximum absolute atomic E-state index is 12.8. The topological polar surface area (TPSA) is 172 Å². The van der Waals surface area contributed by atoms with Crippen LogP contribution in [0.2, 0.25) is 0 Å². The summed E-state index contributed by atoms with van der Waals surface area (Å²) in [6.07, 6.45) is 8.91. The lowest BCUT2D eigenvalue weighted by Gasteiger charge is -2.33. The second kappa shape index (κ2) is 16.8. The number of aryl methyl sites for hydroxylation is 2. The number of aromatic nitrogens is 4. The lowest BCUT2D eigenvalue weighted by atomic mass is 9.93. The molecule has 7 rings (SSSR count). The maximum atomic E-state index is 12.8. The minimum Gasteiger partial charge on any atom is -0.494 e. The number of ether oxygens (including phenoxy) is 1. The van der Waals surface area contributed by atoms with E-state index in [4.69, 9.17) is 9.26 Å². The molecule has 14 heteroatoms. The number of fused-ring (bicyclic) bond motifs is 1. The molecule has 4 heterocycles. The molecule has 1 fully saturated rings. The van der Waals surface area contributed by atoms with Gasteiger partial charge >= 0.3 is 0 Å². The van der Waals surface area contributed by atoms with Gasteiger partial charge in [0.1, 0.15) is 24.8 Å². The van der Waals surface area contributed by atoms with Crippen molar-refractivity contribution in [2.75, 3.05) is 30.4 Å². The number of unbranched alkanes of at least 4 members (excludes halogenated alkanes) is 2. The molecule has 13 nitrogen and oxygen atoms in total. The van der Waals surface area contributed by atoms with E-state index in [1.807, 2.05) is 24.6 Å². The Balaban J connectivity index is 0.926. The van der Waals surface area contributed by atoms with E-state index in [2.05, 4.69) is 79.3 Å². The number of anilines is 2. The Kier molecular flexibility index (Phi) is 11.7. The number of hydrogen-bond acceptors (Lipinski definition) is 10. The summed E-state index contributed by atoms with van der Waals surface area (Å²) in [5.41, 5.74) is 8.78. The van der Waals surface area contributed by atoms with Gasteiger partial charge in [-0.3, -0.25) is 10.1 Å². The number of piperidine rings is 1. The highest BCUT2D eigenvalue weighted by atomic mass is 79.9. The first-order chi connectivity index (χ1) is 26.6. The van der Waals surface area contributed by atoms with Crippen LogP contribution in [0.25, 0.3) is 38.7 Å². The number of benzene rings is 3. The van der Waals surface area contributed by atoms with Gasteiger partial charge in [-0.1, -0.05) is 17.3 Å². The number of imidazole rings is 1. The van der Waals surface area contributed by atoms with Crippen molar-refractivity contribution in [3.05, 3.63) is 94.9 Å². The third-order valence-electron chi connectivity index (χ3n) is 10.2. The average Bonchev–Trinajstić information content (AvgIpc) is 3.90. The Morgan fingerprint density at radius 1 is 1.04 bits per heavy atom. The Hall–Kier alpha value is -4.99. The Bertz CT molecular complexity index is 2270. The molecule has 0 aliphatic carbocycles. The van der Waals surface area contributed by atoms with Crippen LogP contribution in [0.4, 0.5) is 11.4 Å². The van der Waals surface area contributed by atoms with Crippen LogP contribution in [0.1, 0.15) is 55.2 Å². The van der Waals surface area contributed by atoms with Gasteiger partial charge in [0, 0.05) is 58.2 Å². The van der Waals surface area contributed by atoms with Crippen molar-refractivity contribution in [3.8, 4) is 33.8 Å². The van der Waals surface area contributed by atoms with Crippen LogP contribution in [0.3, 0.4) is 0 Å². The molecule has 3 aromatic heterocycles. The minimum atomic E-state index is -1.02. The van der Waals surface area contributed by atoms with Crippen molar-refractivity contribution in [1.82, 2.24) is 24.6 Å². The zero-order chi connectivity index (χ0) is 38.6. The Morgan fingerprint density at radius 2 is 1.89 bits per heavy atom. The third-order valence-corrected chi connectivity index (χ3v) is 10.9. The quantitative estimate of drug-likeness (QED) is 0.0612. The van der Waals surface area contributed by atoms with Crippen molar-refractivity contribution in [2.45, 2.75) is 71.4 Å². The highest BCUT2D eigenvalue weighted by Crippen LogP contribution is 2.39. The molecule has 1 aliphatic heterocycles. The first-order valence-corrected chi connectivity index (χ1v) is 19.3. The maximum Gasteiger partial charge on any atom is 0.250 e. The van der Waals surface area contributed by atoms with E-state index < -0.39 is 18.5 Å². The zero-order valence-electron chi connectivity index (χ0n) is 31.1. The lowest BCUT2D eigenvalue weighted by Crippen LogP contribution is -2.47. The largest absolute Gasteiger partial charge is 0.494 e. The fourth-order valence-electron chi connectivity index (χ4n) is 7.37. The SMILES string of the molecule is Cc1noc(C)c1-c1cc(NCCCCCOCC(=O)Nc2cccc3c(O)n(C4CCC(O)NC4O)cc23)c(C)c(-c2ccc(-n3ccnc3)c(Br)c2)c1. The molecular formula is C41H46BrN7O6. The molecule has 0 bridgehead atoms. The van der Waals surface area contributed by atoms with Crippen LogP contribution >= 0.6 is 15.9 Å². The smallest absolute Gasteiger partial charge is 0.250 e. The lowest BCUT2D eigenvalue weighted by molar-refractivity contribution is -0.120. The van der Waals surface area contributed by atoms with Gasteiger partial charge in [0.25, 0.3) is 0 Å². The molecule has 0 saturated carbocycles. The summed E-state index contributed by atoms with van der Waals surface area (Å²) in [5.74, 6) is 0.471. The fraction of sp³-hybridized carbons (Fsp3) is 0.341. The number of nitrogens with zero attached hydrogens (tertiary/aromatic N) is 4. The number of nitrogens with one attached hydrogen (secondary N) is 3. The highest BCUT2D eigenvalue weighted by molar-refractivity contribution is 9.10. The molecule has 1 saturated heterocycles. The third kappa shape index (κ3) is 8.33. The van der Waals surface area contributed by atoms with Gasteiger partial charge in [-0.2, -0.15) is 0 Å². The van der Waals surface area contributed by atoms with Gasteiger partial charge in [-0.05, 0) is 127 Å². The predicted octanol–water partition coefficient (Wildman–Crippen LogP) is 7.34. The van der Waals surface area contributed by atoms with Gasteiger partial charge in [0.05, 0.1) is 29.4 Å². The van der Waals surface area contributed by atoms with Crippen LogP contribution in [0, 0.1) is 20.8 Å². The summed E-state index contributed by atoms with van der Waals surface area (Å²) in [6, 6.07) is 15.5. The first-order valence-electron chi connectivity index (χ1n) is 18.5. The van der Waals surface area contributed by atoms with Gasteiger partial charge in [-0.15, -0.1) is 0 Å². The summed E-state index contributed by atoms with van der Waals surface area (Å²) in [7, 11) is 0. The van der Waals surface area contributed by atoms with E-state index >= 15 is 0 Å². The van der Waals surface area contributed by atoms with Crippen molar-refractivity contribution >= 4 is 44.0 Å². The van der Waals surface area contributed by atoms with Gasteiger partial charge < -0.3 is 44.3 Å². The number of carbonyl (C=O) groups excluding carboxylic acids is 1. The molecule has 0 spiro atoms. The molecule has 0 radical (unpaired) electrons. The Labute approximate surface area is 327 Å². The normalized spacial score (nSPS) is 17.2. The van der Waals surface area contributed by atoms with E-state index in [1.165, 1.54) is 0 Å². The molecule has 288 valence electrons. The second-order valence-electron chi connectivity index (χ2n) is 14.0. The highest BCUT2D eigenvalue weighted by Gasteiger charge is 2.31. The number of carbonyl (C=O) groups is 1. The summed E-state index contributed by atoms with van der Waals surface area (Å²) >= 11 is 3.77. The molecular weight excluding hydrogens is 766 g/mol. The summed E-state index contributed by atoms with van der Waals surface area (Å²) in [4.78, 5) is 17.0. The number of aliphatic hydroxyl groups is 2. The predicted molar refractivity (Wildman–Crippen MR) is 215 cm³/mol. The van der Waals surface area contributed by atoms with Crippen molar-refractivity contribution in [3.63, 3.8) is 0 Å². The Morgan fingerprint density at radius 3 is 2.64 bits per heavy atom. The zero-order valence-corrected chi connectivity index (χ0v) is 32.6. The summed E-state index contributed by atoms with van der Waals surface area (Å²) < 4.78 is 15.8. The van der Waals surface area contributed by atoms with E-state index in [1.54, 1.807) is 41.5 Å². The molecule has 3 atom stereocenters. The fourth-order valence-corrected chi connectivity index (χ4v) is 7.96. The molecule has 6 N–H and O–H groups in total. The number of rotatable bonds is 14. The van der Waals surface area contributed by atoms with Gasteiger partial charge in [0.2, 0.25) is 5.91 Å². The summed E-state index contributed by atoms with van der Waals surface area (Å²) in [5, 5.41) is 45.8. The van der Waals surface area contributed by atoms with E-state index in [9.17, 15) is 20.1 Å². The number of aliphatic hydroxyl groups excluding tert-OH is 2. The summed E-state index contributed by atoms with van der Waals surface area (Å²) in [6.45, 7) is 7.14. The van der Waals surface area contributed by atoms with Gasteiger partial charge in [0.15, 0.2) is 5.88 Å². The molecule has 1 aliphatic rings. The molecule has 1 amide bonds. The van der Waals surface area contributed by atoms with E-state index in [0.29, 0.717) is 35.9 Å². The van der Waals surface area contributed by atoms with Gasteiger partial charge in [-0.25, -0.2) is 4.98 Å². The van der Waals surface area contributed by atoms with E-state index in [-0.39, 0.29) is 18.4 Å². The minimum absolute atomic E-state index is 0.00660. The van der Waals surface area contributed by atoms with Crippen LogP contribution in [0.5, 0.6) is 5.88 Å². The van der Waals surface area contributed by atoms with Crippen LogP contribution in [0.15, 0.2) is 82.4 Å². The number of halogens is 1. The number of amides is 1. The molecule has 6 aromatic rings. The van der Waals surface area contributed by atoms with Crippen LogP contribution in [-0.4, -0.2) is 72.7 Å². The van der Waals surface area contributed by atoms with E-state index in [0.717, 1.165) is 80.9 Å². The van der Waals surface area contributed by atoms with Crippen LogP contribution < -0.4 is 16.0 Å². The molecule has 55 heavy (non-hydrogen) atoms. The second-order valence-corrected chi connectivity index (χ2v) is 14.9. The van der Waals surface area contributed by atoms with Crippen molar-refractivity contribution < 1.29 is 29.4 Å². The molecule has 3 aromatic carbocycles. The monoisotopic (exact) mass is 811 g/mol. The first kappa shape index (κ1) is 38.3. The number of hydrogen-bond donors (Lipinski definition) is 6. The average molecular weight is 813 g/mol. The molecule has 3 unspecified atom stereocenters. The standard InChI is InChI=1S/C41H46BrN7O6/c1-24-30(27-10-11-35(32(42)19-27)48-16-15-43-23-48)18-28(39-25(2)47-55-26(39)3)20-34(24)44-14-5-4-6-17-54-22-38(51)45-33-9-7-8-29-31(33)21-49(41(29)53)36-12-13-37(50)46-40(36)52/h7-11,15-16,18-21,23,36-37,40,44,46,50,52-53H,4-6,12-14,17,22H2,1-3H3,(H,45,51).